The van der Waals surface area contributed by atoms with Crippen LogP contribution in [0.25, 0.3) is 11.3 Å². The van der Waals surface area contributed by atoms with Crippen LogP contribution in [0, 0.1) is 6.92 Å². The molecule has 0 aliphatic heterocycles. The summed E-state index contributed by atoms with van der Waals surface area (Å²) in [7, 11) is 0. The second-order valence-corrected chi connectivity index (χ2v) is 5.55. The second kappa shape index (κ2) is 4.84. The van der Waals surface area contributed by atoms with Gasteiger partial charge in [0.05, 0.1) is 5.69 Å². The topological polar surface area (TPSA) is 56.7 Å². The zero-order valence-electron chi connectivity index (χ0n) is 11.9. The first kappa shape index (κ1) is 12.3. The highest BCUT2D eigenvalue weighted by atomic mass is 16.5. The van der Waals surface area contributed by atoms with Crippen LogP contribution >= 0.6 is 0 Å². The first-order valence-electron chi connectivity index (χ1n) is 7.21. The number of rotatable bonds is 4. The molecule has 2 heterocycles. The minimum absolute atomic E-state index is 0.491. The molecule has 1 aliphatic rings. The summed E-state index contributed by atoms with van der Waals surface area (Å²) in [5, 5.41) is 8.68. The Hall–Kier alpha value is -2.43. The predicted molar refractivity (Wildman–Crippen MR) is 77.8 cm³/mol. The molecule has 0 N–H and O–H groups in total. The van der Waals surface area contributed by atoms with Gasteiger partial charge in [-0.05, 0) is 25.3 Å². The molecule has 0 saturated heterocycles. The molecule has 5 nitrogen and oxygen atoms in total. The van der Waals surface area contributed by atoms with Gasteiger partial charge >= 0.3 is 0 Å². The molecule has 2 aromatic heterocycles. The SMILES string of the molecule is Cc1cn(Cc2noc(C3CC3)n2)nc1-c1ccccc1. The van der Waals surface area contributed by atoms with Crippen molar-refractivity contribution in [1.82, 2.24) is 19.9 Å². The monoisotopic (exact) mass is 280 g/mol. The Balaban J connectivity index is 1.58. The Morgan fingerprint density at radius 1 is 1.24 bits per heavy atom. The van der Waals surface area contributed by atoms with Crippen molar-refractivity contribution in [2.75, 3.05) is 0 Å². The average molecular weight is 280 g/mol. The van der Waals surface area contributed by atoms with Gasteiger partial charge in [0.2, 0.25) is 5.89 Å². The van der Waals surface area contributed by atoms with E-state index in [1.54, 1.807) is 0 Å². The van der Waals surface area contributed by atoms with E-state index in [1.807, 2.05) is 29.1 Å². The van der Waals surface area contributed by atoms with Crippen LogP contribution < -0.4 is 0 Å². The lowest BCUT2D eigenvalue weighted by molar-refractivity contribution is 0.372. The Kier molecular flexibility index (Phi) is 2.84. The number of benzene rings is 1. The summed E-state index contributed by atoms with van der Waals surface area (Å²) < 4.78 is 7.15. The molecule has 3 aromatic rings. The molecule has 1 aromatic carbocycles. The summed E-state index contributed by atoms with van der Waals surface area (Å²) >= 11 is 0. The number of hydrogen-bond donors (Lipinski definition) is 0. The molecule has 1 fully saturated rings. The first-order valence-corrected chi connectivity index (χ1v) is 7.21. The molecule has 0 amide bonds. The zero-order chi connectivity index (χ0) is 14.2. The van der Waals surface area contributed by atoms with Gasteiger partial charge in [-0.15, -0.1) is 0 Å². The Bertz CT molecular complexity index is 756. The lowest BCUT2D eigenvalue weighted by Gasteiger charge is -1.97. The molecule has 21 heavy (non-hydrogen) atoms. The van der Waals surface area contributed by atoms with E-state index in [1.165, 1.54) is 12.8 Å². The van der Waals surface area contributed by atoms with Gasteiger partial charge in [-0.2, -0.15) is 10.1 Å². The highest BCUT2D eigenvalue weighted by Crippen LogP contribution is 2.38. The van der Waals surface area contributed by atoms with Crippen molar-refractivity contribution in [3.8, 4) is 11.3 Å². The predicted octanol–water partition coefficient (Wildman–Crippen LogP) is 3.17. The van der Waals surface area contributed by atoms with Crippen LogP contribution in [0.4, 0.5) is 0 Å². The summed E-state index contributed by atoms with van der Waals surface area (Å²) in [6, 6.07) is 10.2. The first-order chi connectivity index (χ1) is 10.3. The van der Waals surface area contributed by atoms with Gasteiger partial charge in [-0.3, -0.25) is 4.68 Å². The van der Waals surface area contributed by atoms with E-state index < -0.39 is 0 Å². The Labute approximate surface area is 122 Å². The van der Waals surface area contributed by atoms with E-state index in [-0.39, 0.29) is 0 Å². The quantitative estimate of drug-likeness (QED) is 0.736. The molecule has 0 spiro atoms. The van der Waals surface area contributed by atoms with Crippen LogP contribution in [-0.4, -0.2) is 19.9 Å². The van der Waals surface area contributed by atoms with Crippen LogP contribution in [0.15, 0.2) is 41.1 Å². The fourth-order valence-electron chi connectivity index (χ4n) is 2.46. The molecule has 0 unspecified atom stereocenters. The fraction of sp³-hybridized carbons (Fsp3) is 0.312. The minimum atomic E-state index is 0.491. The van der Waals surface area contributed by atoms with Crippen molar-refractivity contribution in [1.29, 1.82) is 0 Å². The van der Waals surface area contributed by atoms with Crippen molar-refractivity contribution in [2.45, 2.75) is 32.2 Å². The fourth-order valence-corrected chi connectivity index (χ4v) is 2.46. The third-order valence-corrected chi connectivity index (χ3v) is 3.71. The zero-order valence-corrected chi connectivity index (χ0v) is 11.9. The van der Waals surface area contributed by atoms with Gasteiger partial charge in [0.25, 0.3) is 0 Å². The van der Waals surface area contributed by atoms with Crippen LogP contribution in [0.1, 0.15) is 36.0 Å². The maximum absolute atomic E-state index is 5.28. The summed E-state index contributed by atoms with van der Waals surface area (Å²) in [6.45, 7) is 2.61. The Morgan fingerprint density at radius 3 is 2.81 bits per heavy atom. The summed E-state index contributed by atoms with van der Waals surface area (Å²) in [5.41, 5.74) is 3.27. The Morgan fingerprint density at radius 2 is 2.05 bits per heavy atom. The van der Waals surface area contributed by atoms with Crippen molar-refractivity contribution in [3.63, 3.8) is 0 Å². The van der Waals surface area contributed by atoms with E-state index in [9.17, 15) is 0 Å². The van der Waals surface area contributed by atoms with Crippen LogP contribution in [0.3, 0.4) is 0 Å². The molecule has 0 radical (unpaired) electrons. The number of hydrogen-bond acceptors (Lipinski definition) is 4. The normalized spacial score (nSPS) is 14.5. The minimum Gasteiger partial charge on any atom is -0.339 e. The van der Waals surface area contributed by atoms with Crippen molar-refractivity contribution in [2.24, 2.45) is 0 Å². The van der Waals surface area contributed by atoms with E-state index in [2.05, 4.69) is 34.3 Å². The van der Waals surface area contributed by atoms with E-state index in [4.69, 9.17) is 4.52 Å². The van der Waals surface area contributed by atoms with E-state index in [0.717, 1.165) is 22.7 Å². The van der Waals surface area contributed by atoms with Gasteiger partial charge < -0.3 is 4.52 Å². The number of aromatic nitrogens is 4. The van der Waals surface area contributed by atoms with Crippen LogP contribution in [-0.2, 0) is 6.54 Å². The highest BCUT2D eigenvalue weighted by Gasteiger charge is 2.29. The maximum Gasteiger partial charge on any atom is 0.229 e. The summed E-state index contributed by atoms with van der Waals surface area (Å²) in [5.74, 6) is 1.96. The maximum atomic E-state index is 5.28. The van der Waals surface area contributed by atoms with Crippen LogP contribution in [0.2, 0.25) is 0 Å². The number of nitrogens with zero attached hydrogens (tertiary/aromatic N) is 4. The smallest absolute Gasteiger partial charge is 0.229 e. The second-order valence-electron chi connectivity index (χ2n) is 5.55. The van der Waals surface area contributed by atoms with E-state index >= 15 is 0 Å². The van der Waals surface area contributed by atoms with Crippen molar-refractivity contribution in [3.05, 3.63) is 53.8 Å². The van der Waals surface area contributed by atoms with Crippen molar-refractivity contribution >= 4 is 0 Å². The molecule has 4 rings (SSSR count). The third kappa shape index (κ3) is 2.46. The third-order valence-electron chi connectivity index (χ3n) is 3.71. The molecular weight excluding hydrogens is 264 g/mol. The number of aryl methyl sites for hydroxylation is 1. The largest absolute Gasteiger partial charge is 0.339 e. The lowest BCUT2D eigenvalue weighted by Crippen LogP contribution is -2.02. The highest BCUT2D eigenvalue weighted by molar-refractivity contribution is 5.62. The van der Waals surface area contributed by atoms with Gasteiger partial charge in [-0.1, -0.05) is 35.5 Å². The summed E-state index contributed by atoms with van der Waals surface area (Å²) in [6.07, 6.45) is 4.36. The standard InChI is InChI=1S/C16H16N4O/c1-11-9-20(18-15(11)12-5-3-2-4-6-12)10-14-17-16(21-19-14)13-7-8-13/h2-6,9,13H,7-8,10H2,1H3. The molecule has 1 aliphatic carbocycles. The van der Waals surface area contributed by atoms with Gasteiger partial charge in [0, 0.05) is 17.7 Å². The molecule has 106 valence electrons. The molecule has 5 heteroatoms. The molecule has 0 atom stereocenters. The summed E-state index contributed by atoms with van der Waals surface area (Å²) in [4.78, 5) is 4.44. The van der Waals surface area contributed by atoms with E-state index in [0.29, 0.717) is 18.3 Å². The van der Waals surface area contributed by atoms with Gasteiger partial charge in [0.1, 0.15) is 6.54 Å². The van der Waals surface area contributed by atoms with Crippen LogP contribution in [0.5, 0.6) is 0 Å². The van der Waals surface area contributed by atoms with Gasteiger partial charge in [0.15, 0.2) is 5.82 Å². The molecule has 0 bridgehead atoms. The lowest BCUT2D eigenvalue weighted by atomic mass is 10.1. The molecular formula is C16H16N4O. The molecule has 1 saturated carbocycles. The van der Waals surface area contributed by atoms with Crippen molar-refractivity contribution < 1.29 is 4.52 Å². The van der Waals surface area contributed by atoms with Gasteiger partial charge in [-0.25, -0.2) is 0 Å². The average Bonchev–Trinajstić information content (AvgIpc) is 3.15.